The number of rotatable bonds is 4. The number of pyridine rings is 2. The van der Waals surface area contributed by atoms with Gasteiger partial charge >= 0.3 is 0 Å². The first-order valence-corrected chi connectivity index (χ1v) is 22.9. The van der Waals surface area contributed by atoms with Gasteiger partial charge in [-0.15, -0.1) is 34.0 Å². The second-order valence-electron chi connectivity index (χ2n) is 15.8. The summed E-state index contributed by atoms with van der Waals surface area (Å²) >= 11 is 5.49. The Morgan fingerprint density at radius 3 is 1.43 bits per heavy atom. The molecule has 0 amide bonds. The van der Waals surface area contributed by atoms with E-state index in [2.05, 4.69) is 172 Å². The van der Waals surface area contributed by atoms with E-state index in [-0.39, 0.29) is 0 Å². The number of hydrogen-bond acceptors (Lipinski definition) is 5. The molecular formula is C54H30N4S3. The van der Waals surface area contributed by atoms with Crippen LogP contribution in [0.15, 0.2) is 182 Å². The second-order valence-corrected chi connectivity index (χ2v) is 18.9. The zero-order valence-corrected chi connectivity index (χ0v) is 34.8. The van der Waals surface area contributed by atoms with E-state index in [0.717, 1.165) is 44.5 Å². The SMILES string of the molecule is c1ccc2c(c1)sc1ccc(-c3ccc4c(c3)c3cccnc3n4-c3ccc4scc(-n5c6ccc(-c7ccc8sc9ccccc9c8c7)cc6c6cccnc65)c4c3)cc12. The first-order chi connectivity index (χ1) is 30.2. The molecule has 7 aromatic carbocycles. The number of aromatic nitrogens is 4. The lowest BCUT2D eigenvalue weighted by molar-refractivity contribution is 1.13. The molecule has 0 radical (unpaired) electrons. The predicted octanol–water partition coefficient (Wildman–Crippen LogP) is 16.0. The van der Waals surface area contributed by atoms with Crippen molar-refractivity contribution in [1.29, 1.82) is 0 Å². The van der Waals surface area contributed by atoms with E-state index in [0.29, 0.717) is 0 Å². The molecule has 7 aromatic heterocycles. The molecule has 14 aromatic rings. The summed E-state index contributed by atoms with van der Waals surface area (Å²) in [4.78, 5) is 10.0. The zero-order chi connectivity index (χ0) is 39.8. The van der Waals surface area contributed by atoms with Crippen LogP contribution in [0.3, 0.4) is 0 Å². The highest BCUT2D eigenvalue weighted by Crippen LogP contribution is 2.43. The van der Waals surface area contributed by atoms with Crippen molar-refractivity contribution in [3.63, 3.8) is 0 Å². The van der Waals surface area contributed by atoms with Crippen molar-refractivity contribution >= 4 is 128 Å². The van der Waals surface area contributed by atoms with Crippen LogP contribution in [0, 0.1) is 0 Å². The summed E-state index contributed by atoms with van der Waals surface area (Å²) in [6, 6.07) is 60.3. The lowest BCUT2D eigenvalue weighted by atomic mass is 10.0. The van der Waals surface area contributed by atoms with Gasteiger partial charge in [-0.05, 0) is 125 Å². The Labute approximate surface area is 360 Å². The van der Waals surface area contributed by atoms with Crippen molar-refractivity contribution < 1.29 is 0 Å². The fraction of sp³-hybridized carbons (Fsp3) is 0. The predicted molar refractivity (Wildman–Crippen MR) is 263 cm³/mol. The molecule has 0 saturated heterocycles. The third-order valence-corrected chi connectivity index (χ3v) is 15.8. The van der Waals surface area contributed by atoms with Crippen LogP contribution in [0.5, 0.6) is 0 Å². The van der Waals surface area contributed by atoms with Crippen LogP contribution in [-0.4, -0.2) is 19.1 Å². The molecule has 0 bridgehead atoms. The van der Waals surface area contributed by atoms with Crippen molar-refractivity contribution in [1.82, 2.24) is 19.1 Å². The maximum Gasteiger partial charge on any atom is 0.145 e. The summed E-state index contributed by atoms with van der Waals surface area (Å²) in [6.07, 6.45) is 3.81. The van der Waals surface area contributed by atoms with E-state index in [4.69, 9.17) is 9.97 Å². The van der Waals surface area contributed by atoms with Gasteiger partial charge in [-0.1, -0.05) is 60.7 Å². The summed E-state index contributed by atoms with van der Waals surface area (Å²) in [5.74, 6) is 0. The van der Waals surface area contributed by atoms with Gasteiger partial charge < -0.3 is 0 Å². The summed E-state index contributed by atoms with van der Waals surface area (Å²) in [7, 11) is 0. The van der Waals surface area contributed by atoms with Crippen LogP contribution in [0.4, 0.5) is 0 Å². The Morgan fingerprint density at radius 2 is 0.820 bits per heavy atom. The Morgan fingerprint density at radius 1 is 0.344 bits per heavy atom. The first-order valence-electron chi connectivity index (χ1n) is 20.4. The van der Waals surface area contributed by atoms with Crippen LogP contribution in [0.25, 0.3) is 128 Å². The Bertz CT molecular complexity index is 4140. The van der Waals surface area contributed by atoms with Crippen molar-refractivity contribution in [3.8, 4) is 33.6 Å². The van der Waals surface area contributed by atoms with Crippen LogP contribution in [-0.2, 0) is 0 Å². The molecule has 284 valence electrons. The molecule has 7 heteroatoms. The van der Waals surface area contributed by atoms with Crippen LogP contribution in [0.1, 0.15) is 0 Å². The Hall–Kier alpha value is -7.16. The van der Waals surface area contributed by atoms with Gasteiger partial charge in [0, 0.05) is 95.4 Å². The number of hydrogen-bond donors (Lipinski definition) is 0. The third kappa shape index (κ3) is 4.91. The smallest absolute Gasteiger partial charge is 0.145 e. The van der Waals surface area contributed by atoms with Gasteiger partial charge in [0.05, 0.1) is 16.7 Å². The number of fused-ring (bicyclic) bond motifs is 13. The third-order valence-electron chi connectivity index (χ3n) is 12.5. The number of nitrogens with zero attached hydrogens (tertiary/aromatic N) is 4. The lowest BCUT2D eigenvalue weighted by Gasteiger charge is -2.10. The topological polar surface area (TPSA) is 35.6 Å². The van der Waals surface area contributed by atoms with E-state index in [1.54, 1.807) is 11.3 Å². The highest BCUT2D eigenvalue weighted by atomic mass is 32.1. The van der Waals surface area contributed by atoms with Gasteiger partial charge in [-0.3, -0.25) is 9.13 Å². The standard InChI is InChI=1S/C54H30N4S3/c1-3-11-49-36(7-1)42-27-33(15-20-51(42)60-49)31-13-18-45-40(25-31)38-9-5-23-55-53(38)57(45)35-17-22-48-44(29-35)47(30-59-48)58-46-19-14-32(26-41(46)39-10-6-24-56-54(39)58)34-16-21-52-43(28-34)37-8-2-4-12-50(37)61-52/h1-30H. The minimum atomic E-state index is 0.949. The van der Waals surface area contributed by atoms with Gasteiger partial charge in [-0.2, -0.15) is 0 Å². The van der Waals surface area contributed by atoms with E-state index >= 15 is 0 Å². The highest BCUT2D eigenvalue weighted by Gasteiger charge is 2.20. The van der Waals surface area contributed by atoms with Gasteiger partial charge in [0.1, 0.15) is 11.3 Å². The quantitative estimate of drug-likeness (QED) is 0.177. The van der Waals surface area contributed by atoms with E-state index < -0.39 is 0 Å². The molecular weight excluding hydrogens is 801 g/mol. The first kappa shape index (κ1) is 33.6. The highest BCUT2D eigenvalue weighted by molar-refractivity contribution is 7.26. The second kappa shape index (κ2) is 12.7. The van der Waals surface area contributed by atoms with Gasteiger partial charge in [0.25, 0.3) is 0 Å². The van der Waals surface area contributed by atoms with E-state index in [1.165, 1.54) is 83.5 Å². The largest absolute Gasteiger partial charge is 0.294 e. The van der Waals surface area contributed by atoms with E-state index in [9.17, 15) is 0 Å². The Balaban J connectivity index is 0.918. The molecule has 0 aliphatic rings. The summed E-state index contributed by atoms with van der Waals surface area (Å²) < 4.78 is 11.2. The van der Waals surface area contributed by atoms with Crippen LogP contribution >= 0.6 is 34.0 Å². The van der Waals surface area contributed by atoms with Crippen LogP contribution in [0.2, 0.25) is 0 Å². The number of thiophene rings is 3. The van der Waals surface area contributed by atoms with Gasteiger partial charge in [0.15, 0.2) is 0 Å². The summed E-state index contributed by atoms with van der Waals surface area (Å²) in [5.41, 5.74) is 11.2. The van der Waals surface area contributed by atoms with Crippen molar-refractivity contribution in [2.24, 2.45) is 0 Å². The van der Waals surface area contributed by atoms with E-state index in [1.807, 2.05) is 41.1 Å². The molecule has 0 fully saturated rings. The average molecular weight is 831 g/mol. The molecule has 0 aliphatic heterocycles. The molecule has 0 spiro atoms. The fourth-order valence-electron chi connectivity index (χ4n) is 9.68. The minimum absolute atomic E-state index is 0.949. The molecule has 0 atom stereocenters. The molecule has 61 heavy (non-hydrogen) atoms. The fourth-order valence-corrected chi connectivity index (χ4v) is 12.8. The van der Waals surface area contributed by atoms with Crippen molar-refractivity contribution in [3.05, 3.63) is 182 Å². The van der Waals surface area contributed by atoms with Crippen LogP contribution < -0.4 is 0 Å². The van der Waals surface area contributed by atoms with Gasteiger partial charge in [0.2, 0.25) is 0 Å². The molecule has 4 nitrogen and oxygen atoms in total. The molecule has 0 aliphatic carbocycles. The van der Waals surface area contributed by atoms with Crippen molar-refractivity contribution in [2.75, 3.05) is 0 Å². The molecule has 0 N–H and O–H groups in total. The molecule has 0 unspecified atom stereocenters. The average Bonchev–Trinajstić information content (AvgIpc) is 4.13. The lowest BCUT2D eigenvalue weighted by Crippen LogP contribution is -1.97. The monoisotopic (exact) mass is 830 g/mol. The maximum absolute atomic E-state index is 5.02. The van der Waals surface area contributed by atoms with Gasteiger partial charge in [-0.25, -0.2) is 9.97 Å². The number of benzene rings is 7. The minimum Gasteiger partial charge on any atom is -0.294 e. The Kier molecular flexibility index (Phi) is 6.99. The molecule has 7 heterocycles. The maximum atomic E-state index is 5.02. The zero-order valence-electron chi connectivity index (χ0n) is 32.3. The normalized spacial score (nSPS) is 12.3. The summed E-state index contributed by atoms with van der Waals surface area (Å²) in [5, 5.41) is 13.4. The molecule has 14 rings (SSSR count). The molecule has 0 saturated carbocycles. The van der Waals surface area contributed by atoms with Crippen molar-refractivity contribution in [2.45, 2.75) is 0 Å². The summed E-state index contributed by atoms with van der Waals surface area (Å²) in [6.45, 7) is 0.